The van der Waals surface area contributed by atoms with Crippen molar-refractivity contribution in [3.63, 3.8) is 0 Å². The van der Waals surface area contributed by atoms with E-state index in [-0.39, 0.29) is 0 Å². The van der Waals surface area contributed by atoms with Crippen molar-refractivity contribution < 1.29 is 0 Å². The number of benzene rings is 8. The molecule has 9 rings (SSSR count). The molecule has 0 radical (unpaired) electrons. The summed E-state index contributed by atoms with van der Waals surface area (Å²) in [7, 11) is 0. The van der Waals surface area contributed by atoms with Crippen LogP contribution in [0.2, 0.25) is 0 Å². The lowest BCUT2D eigenvalue weighted by Gasteiger charge is -2.28. The van der Waals surface area contributed by atoms with Gasteiger partial charge in [-0.2, -0.15) is 0 Å². The molecule has 0 nitrogen and oxygen atoms in total. The van der Waals surface area contributed by atoms with Crippen LogP contribution in [-0.2, 0) is 6.42 Å². The third kappa shape index (κ3) is 4.30. The summed E-state index contributed by atoms with van der Waals surface area (Å²) in [5, 5.41) is 5.13. The zero-order valence-corrected chi connectivity index (χ0v) is 25.5. The summed E-state index contributed by atoms with van der Waals surface area (Å²) in [6.45, 7) is 0. The zero-order valence-electron chi connectivity index (χ0n) is 25.5. The van der Waals surface area contributed by atoms with E-state index in [1.807, 2.05) is 0 Å². The fraction of sp³-hybridized carbons (Fsp3) is 0.0435. The molecule has 0 aliphatic heterocycles. The Morgan fingerprint density at radius 2 is 0.870 bits per heavy atom. The first-order chi connectivity index (χ1) is 22.8. The predicted octanol–water partition coefficient (Wildman–Crippen LogP) is 12.3. The molecule has 0 heteroatoms. The Bertz CT molecular complexity index is 2340. The van der Waals surface area contributed by atoms with E-state index in [1.165, 1.54) is 82.7 Å². The summed E-state index contributed by atoms with van der Waals surface area (Å²) in [4.78, 5) is 0. The van der Waals surface area contributed by atoms with E-state index in [2.05, 4.69) is 176 Å². The Labute approximate surface area is 270 Å². The molecule has 0 spiro atoms. The maximum atomic E-state index is 2.46. The lowest BCUT2D eigenvalue weighted by atomic mass is 9.75. The monoisotopic (exact) mass is 584 g/mol. The average Bonchev–Trinajstić information content (AvgIpc) is 3.14. The zero-order chi connectivity index (χ0) is 30.5. The second-order valence-corrected chi connectivity index (χ2v) is 12.4. The molecule has 0 aromatic heterocycles. The molecule has 0 heterocycles. The number of hydrogen-bond donors (Lipinski definition) is 0. The molecule has 0 amide bonds. The molecular formula is C46H32. The minimum absolute atomic E-state index is 0.306. The van der Waals surface area contributed by atoms with Crippen LogP contribution in [0.15, 0.2) is 176 Å². The maximum Gasteiger partial charge on any atom is 0.0136 e. The summed E-state index contributed by atoms with van der Waals surface area (Å²) in [5.41, 5.74) is 14.6. The Kier molecular flexibility index (Phi) is 6.39. The van der Waals surface area contributed by atoms with Crippen LogP contribution in [0.4, 0.5) is 0 Å². The van der Waals surface area contributed by atoms with Gasteiger partial charge in [-0.05, 0) is 89.2 Å². The molecule has 46 heavy (non-hydrogen) atoms. The number of rotatable bonds is 4. The second-order valence-electron chi connectivity index (χ2n) is 12.4. The van der Waals surface area contributed by atoms with Crippen molar-refractivity contribution in [2.75, 3.05) is 0 Å². The van der Waals surface area contributed by atoms with Crippen LogP contribution in [0.5, 0.6) is 0 Å². The van der Waals surface area contributed by atoms with E-state index in [9.17, 15) is 0 Å². The Balaban J connectivity index is 1.27. The molecule has 1 atom stereocenters. The normalized spacial score (nSPS) is 13.8. The maximum absolute atomic E-state index is 2.46. The van der Waals surface area contributed by atoms with Gasteiger partial charge in [0.05, 0.1) is 0 Å². The van der Waals surface area contributed by atoms with E-state index in [0.29, 0.717) is 5.92 Å². The molecule has 0 bridgehead atoms. The van der Waals surface area contributed by atoms with Gasteiger partial charge in [0, 0.05) is 5.92 Å². The lowest BCUT2D eigenvalue weighted by Crippen LogP contribution is -2.12. The Morgan fingerprint density at radius 3 is 1.59 bits per heavy atom. The van der Waals surface area contributed by atoms with Crippen LogP contribution in [0.3, 0.4) is 0 Å². The van der Waals surface area contributed by atoms with Crippen LogP contribution < -0.4 is 0 Å². The largest absolute Gasteiger partial charge is 0.0622 e. The molecule has 216 valence electrons. The molecular weight excluding hydrogens is 553 g/mol. The van der Waals surface area contributed by atoms with Gasteiger partial charge in [-0.1, -0.05) is 176 Å². The minimum Gasteiger partial charge on any atom is -0.0622 e. The van der Waals surface area contributed by atoms with Crippen molar-refractivity contribution in [3.05, 3.63) is 193 Å². The molecule has 0 N–H and O–H groups in total. The van der Waals surface area contributed by atoms with Gasteiger partial charge >= 0.3 is 0 Å². The van der Waals surface area contributed by atoms with Crippen LogP contribution in [-0.4, -0.2) is 0 Å². The first kappa shape index (κ1) is 26.7. The van der Waals surface area contributed by atoms with Crippen molar-refractivity contribution in [1.29, 1.82) is 0 Å². The summed E-state index contributed by atoms with van der Waals surface area (Å²) >= 11 is 0. The van der Waals surface area contributed by atoms with E-state index in [0.717, 1.165) is 6.42 Å². The number of hydrogen-bond acceptors (Lipinski definition) is 0. The molecule has 0 saturated heterocycles. The summed E-state index contributed by atoms with van der Waals surface area (Å²) in [6, 6.07) is 64.8. The van der Waals surface area contributed by atoms with Crippen LogP contribution in [0.25, 0.3) is 66.1 Å². The fourth-order valence-corrected chi connectivity index (χ4v) is 7.85. The number of fused-ring (bicyclic) bond motifs is 5. The van der Waals surface area contributed by atoms with E-state index in [1.54, 1.807) is 0 Å². The van der Waals surface area contributed by atoms with Gasteiger partial charge in [0.25, 0.3) is 0 Å². The quantitative estimate of drug-likeness (QED) is 0.181. The molecule has 0 saturated carbocycles. The van der Waals surface area contributed by atoms with E-state index in [4.69, 9.17) is 0 Å². The molecule has 1 aliphatic carbocycles. The molecule has 1 unspecified atom stereocenters. The molecule has 8 aromatic rings. The smallest absolute Gasteiger partial charge is 0.0136 e. The SMILES string of the molecule is c1ccc(-c2ccccc2-c2c3ccccc3c(-c3cccc(C4Cc5ccccc5-c5ccccc54)c3)c3ccccc23)cc1. The summed E-state index contributed by atoms with van der Waals surface area (Å²) < 4.78 is 0. The van der Waals surface area contributed by atoms with Gasteiger partial charge in [0.15, 0.2) is 0 Å². The Morgan fingerprint density at radius 1 is 0.348 bits per heavy atom. The third-order valence-corrected chi connectivity index (χ3v) is 9.86. The fourth-order valence-electron chi connectivity index (χ4n) is 7.85. The molecule has 8 aromatic carbocycles. The van der Waals surface area contributed by atoms with E-state index < -0.39 is 0 Å². The average molecular weight is 585 g/mol. The first-order valence-corrected chi connectivity index (χ1v) is 16.2. The standard InChI is InChI=1S/C46H32/c1-2-15-31(16-3-1)35-20-6-9-24-39(35)46-42-27-12-10-25-40(42)45(41-26-11-13-28-43(41)46)34-19-14-18-32(29-34)44-30-33-17-4-5-21-36(33)37-22-7-8-23-38(37)44/h1-29,44H,30H2. The van der Waals surface area contributed by atoms with Crippen LogP contribution in [0.1, 0.15) is 22.6 Å². The molecule has 1 aliphatic rings. The minimum atomic E-state index is 0.306. The van der Waals surface area contributed by atoms with Crippen LogP contribution >= 0.6 is 0 Å². The van der Waals surface area contributed by atoms with Crippen LogP contribution in [0, 0.1) is 0 Å². The van der Waals surface area contributed by atoms with Crippen molar-refractivity contribution in [2.24, 2.45) is 0 Å². The summed E-state index contributed by atoms with van der Waals surface area (Å²) in [5.74, 6) is 0.306. The van der Waals surface area contributed by atoms with Crippen molar-refractivity contribution in [1.82, 2.24) is 0 Å². The summed E-state index contributed by atoms with van der Waals surface area (Å²) in [6.07, 6.45) is 1.01. The first-order valence-electron chi connectivity index (χ1n) is 16.2. The van der Waals surface area contributed by atoms with Gasteiger partial charge in [-0.15, -0.1) is 0 Å². The highest BCUT2D eigenvalue weighted by molar-refractivity contribution is 6.22. The highest BCUT2D eigenvalue weighted by atomic mass is 14.3. The highest BCUT2D eigenvalue weighted by Crippen LogP contribution is 2.47. The third-order valence-electron chi connectivity index (χ3n) is 9.86. The van der Waals surface area contributed by atoms with Gasteiger partial charge in [0.2, 0.25) is 0 Å². The van der Waals surface area contributed by atoms with Crippen molar-refractivity contribution in [3.8, 4) is 44.5 Å². The van der Waals surface area contributed by atoms with E-state index >= 15 is 0 Å². The highest BCUT2D eigenvalue weighted by Gasteiger charge is 2.26. The van der Waals surface area contributed by atoms with Gasteiger partial charge in [-0.3, -0.25) is 0 Å². The predicted molar refractivity (Wildman–Crippen MR) is 195 cm³/mol. The van der Waals surface area contributed by atoms with Gasteiger partial charge < -0.3 is 0 Å². The van der Waals surface area contributed by atoms with Gasteiger partial charge in [-0.25, -0.2) is 0 Å². The topological polar surface area (TPSA) is 0 Å². The van der Waals surface area contributed by atoms with Crippen molar-refractivity contribution >= 4 is 21.5 Å². The second kappa shape index (κ2) is 11.0. The van der Waals surface area contributed by atoms with Crippen molar-refractivity contribution in [2.45, 2.75) is 12.3 Å². The lowest BCUT2D eigenvalue weighted by molar-refractivity contribution is 0.794. The molecule has 0 fully saturated rings. The Hall–Kier alpha value is -5.72. The van der Waals surface area contributed by atoms with Gasteiger partial charge in [0.1, 0.15) is 0 Å².